The molecule has 0 fully saturated rings. The van der Waals surface area contributed by atoms with Gasteiger partial charge < -0.3 is 14.8 Å². The normalized spacial score (nSPS) is 12.6. The number of amides is 1. The van der Waals surface area contributed by atoms with Gasteiger partial charge in [-0.3, -0.25) is 4.79 Å². The van der Waals surface area contributed by atoms with Gasteiger partial charge in [-0.25, -0.2) is 4.79 Å². The number of carbonyl (C=O) groups excluding carboxylic acids is 1. The van der Waals surface area contributed by atoms with E-state index in [1.54, 1.807) is 19.1 Å². The van der Waals surface area contributed by atoms with E-state index in [-0.39, 0.29) is 0 Å². The van der Waals surface area contributed by atoms with Crippen molar-refractivity contribution in [2.45, 2.75) is 19.4 Å². The molecule has 2 N–H and O–H groups in total. The fourth-order valence-electron chi connectivity index (χ4n) is 1.13. The van der Waals surface area contributed by atoms with Crippen LogP contribution in [0.25, 0.3) is 6.08 Å². The molecule has 0 aliphatic rings. The van der Waals surface area contributed by atoms with Crippen LogP contribution in [-0.4, -0.2) is 23.0 Å². The Balaban J connectivity index is 2.54. The van der Waals surface area contributed by atoms with Crippen molar-refractivity contribution in [3.05, 3.63) is 28.6 Å². The lowest BCUT2D eigenvalue weighted by Crippen LogP contribution is -2.39. The summed E-state index contributed by atoms with van der Waals surface area (Å²) in [6, 6.07) is 2.52. The van der Waals surface area contributed by atoms with E-state index in [1.165, 1.54) is 12.2 Å². The quantitative estimate of drug-likeness (QED) is 0.816. The number of hydrogen-bond acceptors (Lipinski definition) is 3. The number of aliphatic carboxylic acids is 1. The molecule has 0 aliphatic heterocycles. The summed E-state index contributed by atoms with van der Waals surface area (Å²) in [6.07, 6.45) is 3.03. The van der Waals surface area contributed by atoms with Crippen molar-refractivity contribution < 1.29 is 19.1 Å². The SMILES string of the molecule is CCC(NC(=O)/C=C/c1ccc(Br)o1)C(=O)O. The highest BCUT2D eigenvalue weighted by molar-refractivity contribution is 9.10. The number of carboxylic acids is 1. The standard InChI is InChI=1S/C11H12BrNO4/c1-2-8(11(15)16)13-10(14)6-4-7-3-5-9(12)17-7/h3-6,8H,2H2,1H3,(H,13,14)(H,15,16)/b6-4+. The van der Waals surface area contributed by atoms with E-state index in [4.69, 9.17) is 9.52 Å². The molecule has 0 spiro atoms. The van der Waals surface area contributed by atoms with Crippen molar-refractivity contribution in [3.8, 4) is 0 Å². The third kappa shape index (κ3) is 4.44. The van der Waals surface area contributed by atoms with Gasteiger partial charge in [0.05, 0.1) is 0 Å². The molecule has 0 saturated heterocycles. The predicted octanol–water partition coefficient (Wildman–Crippen LogP) is 2.03. The first-order valence-electron chi connectivity index (χ1n) is 4.99. The maximum absolute atomic E-state index is 11.4. The summed E-state index contributed by atoms with van der Waals surface area (Å²) in [5.74, 6) is -1.00. The van der Waals surface area contributed by atoms with Gasteiger partial charge in [-0.15, -0.1) is 0 Å². The maximum atomic E-state index is 11.4. The lowest BCUT2D eigenvalue weighted by molar-refractivity contribution is -0.141. The molecule has 1 aromatic heterocycles. The summed E-state index contributed by atoms with van der Waals surface area (Å²) >= 11 is 3.13. The van der Waals surface area contributed by atoms with Crippen molar-refractivity contribution in [3.63, 3.8) is 0 Å². The molecule has 5 nitrogen and oxygen atoms in total. The van der Waals surface area contributed by atoms with Crippen molar-refractivity contribution in [2.24, 2.45) is 0 Å². The Morgan fingerprint density at radius 3 is 2.76 bits per heavy atom. The van der Waals surface area contributed by atoms with Crippen LogP contribution in [0.4, 0.5) is 0 Å². The Bertz CT molecular complexity index is 438. The maximum Gasteiger partial charge on any atom is 0.326 e. The first-order valence-corrected chi connectivity index (χ1v) is 5.79. The number of halogens is 1. The van der Waals surface area contributed by atoms with Crippen LogP contribution >= 0.6 is 15.9 Å². The highest BCUT2D eigenvalue weighted by Gasteiger charge is 2.15. The molecule has 0 saturated carbocycles. The molecular weight excluding hydrogens is 290 g/mol. The van der Waals surface area contributed by atoms with E-state index >= 15 is 0 Å². The number of hydrogen-bond donors (Lipinski definition) is 2. The number of nitrogens with one attached hydrogen (secondary N) is 1. The molecule has 0 bridgehead atoms. The first-order chi connectivity index (χ1) is 8.02. The van der Waals surface area contributed by atoms with Gasteiger partial charge >= 0.3 is 5.97 Å². The van der Waals surface area contributed by atoms with Crippen molar-refractivity contribution in [1.29, 1.82) is 0 Å². The summed E-state index contributed by atoms with van der Waals surface area (Å²) in [6.45, 7) is 1.69. The molecule has 1 aromatic rings. The number of carboxylic acid groups (broad SMARTS) is 1. The largest absolute Gasteiger partial charge is 0.480 e. The van der Waals surface area contributed by atoms with Crippen LogP contribution in [0.3, 0.4) is 0 Å². The monoisotopic (exact) mass is 301 g/mol. The average Bonchev–Trinajstić information content (AvgIpc) is 2.68. The van der Waals surface area contributed by atoms with E-state index in [2.05, 4.69) is 21.2 Å². The zero-order valence-corrected chi connectivity index (χ0v) is 10.7. The Morgan fingerprint density at radius 1 is 1.59 bits per heavy atom. The summed E-state index contributed by atoms with van der Waals surface area (Å²) in [5, 5.41) is 11.1. The van der Waals surface area contributed by atoms with Gasteiger partial charge in [0.2, 0.25) is 5.91 Å². The summed E-state index contributed by atoms with van der Waals surface area (Å²) in [7, 11) is 0. The highest BCUT2D eigenvalue weighted by Crippen LogP contribution is 2.14. The predicted molar refractivity (Wildman–Crippen MR) is 65.3 cm³/mol. The Labute approximate surface area is 107 Å². The van der Waals surface area contributed by atoms with Gasteiger partial charge in [-0.05, 0) is 40.6 Å². The van der Waals surface area contributed by atoms with E-state index < -0.39 is 17.9 Å². The summed E-state index contributed by atoms with van der Waals surface area (Å²) in [4.78, 5) is 22.1. The molecule has 17 heavy (non-hydrogen) atoms. The van der Waals surface area contributed by atoms with Gasteiger partial charge in [-0.2, -0.15) is 0 Å². The van der Waals surface area contributed by atoms with E-state index in [1.807, 2.05) is 0 Å². The molecule has 1 rings (SSSR count). The van der Waals surface area contributed by atoms with Crippen LogP contribution < -0.4 is 5.32 Å². The lowest BCUT2D eigenvalue weighted by atomic mass is 10.2. The van der Waals surface area contributed by atoms with Crippen LogP contribution in [0.5, 0.6) is 0 Å². The number of carbonyl (C=O) groups is 2. The molecule has 1 heterocycles. The topological polar surface area (TPSA) is 79.5 Å². The van der Waals surface area contributed by atoms with E-state index in [0.29, 0.717) is 16.9 Å². The van der Waals surface area contributed by atoms with Crippen LogP contribution in [-0.2, 0) is 9.59 Å². The highest BCUT2D eigenvalue weighted by atomic mass is 79.9. The second kappa shape index (κ2) is 6.24. The molecule has 1 amide bonds. The third-order valence-electron chi connectivity index (χ3n) is 2.02. The molecule has 6 heteroatoms. The zero-order valence-electron chi connectivity index (χ0n) is 9.14. The molecule has 0 aliphatic carbocycles. The van der Waals surface area contributed by atoms with Crippen molar-refractivity contribution in [1.82, 2.24) is 5.32 Å². The fraction of sp³-hybridized carbons (Fsp3) is 0.273. The van der Waals surface area contributed by atoms with Crippen LogP contribution in [0.2, 0.25) is 0 Å². The second-order valence-corrected chi connectivity index (χ2v) is 4.06. The smallest absolute Gasteiger partial charge is 0.326 e. The van der Waals surface area contributed by atoms with Crippen molar-refractivity contribution in [2.75, 3.05) is 0 Å². The van der Waals surface area contributed by atoms with Gasteiger partial charge in [0.15, 0.2) is 4.67 Å². The minimum Gasteiger partial charge on any atom is -0.480 e. The third-order valence-corrected chi connectivity index (χ3v) is 2.44. The molecule has 0 aromatic carbocycles. The summed E-state index contributed by atoms with van der Waals surface area (Å²) in [5.41, 5.74) is 0. The first kappa shape index (κ1) is 13.5. The van der Waals surface area contributed by atoms with Crippen LogP contribution in [0.1, 0.15) is 19.1 Å². The molecule has 1 atom stereocenters. The molecular formula is C11H12BrNO4. The Kier molecular flexibility index (Phi) is 4.96. The fourth-order valence-corrected chi connectivity index (χ4v) is 1.45. The zero-order chi connectivity index (χ0) is 12.8. The van der Waals surface area contributed by atoms with Crippen LogP contribution in [0, 0.1) is 0 Å². The van der Waals surface area contributed by atoms with E-state index in [0.717, 1.165) is 0 Å². The Hall–Kier alpha value is -1.56. The number of furan rings is 1. The minimum absolute atomic E-state index is 0.335. The van der Waals surface area contributed by atoms with E-state index in [9.17, 15) is 9.59 Å². The lowest BCUT2D eigenvalue weighted by Gasteiger charge is -2.09. The van der Waals surface area contributed by atoms with Crippen molar-refractivity contribution >= 4 is 33.9 Å². The summed E-state index contributed by atoms with van der Waals surface area (Å²) < 4.78 is 5.71. The average molecular weight is 302 g/mol. The van der Waals surface area contributed by atoms with Gasteiger partial charge in [-0.1, -0.05) is 6.92 Å². The molecule has 0 radical (unpaired) electrons. The number of rotatable bonds is 5. The van der Waals surface area contributed by atoms with Crippen LogP contribution in [0.15, 0.2) is 27.3 Å². The van der Waals surface area contributed by atoms with Gasteiger partial charge in [0, 0.05) is 6.08 Å². The minimum atomic E-state index is -1.05. The van der Waals surface area contributed by atoms with Gasteiger partial charge in [0.25, 0.3) is 0 Å². The second-order valence-electron chi connectivity index (χ2n) is 3.28. The van der Waals surface area contributed by atoms with Gasteiger partial charge in [0.1, 0.15) is 11.8 Å². The molecule has 1 unspecified atom stereocenters. The molecule has 92 valence electrons. The Morgan fingerprint density at radius 2 is 2.29 bits per heavy atom.